The molecule has 0 radical (unpaired) electrons. The summed E-state index contributed by atoms with van der Waals surface area (Å²) in [4.78, 5) is 1.91. The molecule has 1 unspecified atom stereocenters. The first-order valence-electron chi connectivity index (χ1n) is 7.20. The fourth-order valence-corrected chi connectivity index (χ4v) is 2.97. The summed E-state index contributed by atoms with van der Waals surface area (Å²) in [5, 5.41) is 3.48. The summed E-state index contributed by atoms with van der Waals surface area (Å²) in [6.07, 6.45) is -1.00. The Morgan fingerprint density at radius 1 is 1.15 bits per heavy atom. The number of hydrogen-bond donors (Lipinski definition) is 1. The summed E-state index contributed by atoms with van der Waals surface area (Å²) in [6, 6.07) is 6.26. The zero-order valence-electron chi connectivity index (χ0n) is 11.3. The topological polar surface area (TPSA) is 15.3 Å². The summed E-state index contributed by atoms with van der Waals surface area (Å²) < 4.78 is 39.4. The van der Waals surface area contributed by atoms with E-state index in [1.165, 1.54) is 25.0 Å². The first-order valence-corrected chi connectivity index (χ1v) is 7.20. The maximum Gasteiger partial charge on any atom is 0.418 e. The summed E-state index contributed by atoms with van der Waals surface area (Å²) in [5.41, 5.74) is -0.189. The summed E-state index contributed by atoms with van der Waals surface area (Å²) in [5.74, 6) is 0.647. The van der Waals surface area contributed by atoms with Crippen LogP contribution in [0.1, 0.15) is 24.8 Å². The van der Waals surface area contributed by atoms with Gasteiger partial charge < -0.3 is 10.2 Å². The molecule has 2 nitrogen and oxygen atoms in total. The molecule has 1 N–H and O–H groups in total. The highest BCUT2D eigenvalue weighted by Gasteiger charge is 2.37. The third-order valence-corrected chi connectivity index (χ3v) is 4.17. The zero-order valence-corrected chi connectivity index (χ0v) is 11.3. The van der Waals surface area contributed by atoms with Gasteiger partial charge in [-0.2, -0.15) is 13.2 Å². The Morgan fingerprint density at radius 2 is 1.90 bits per heavy atom. The third kappa shape index (κ3) is 2.92. The first kappa shape index (κ1) is 13.7. The van der Waals surface area contributed by atoms with Crippen molar-refractivity contribution in [3.63, 3.8) is 0 Å². The number of nitrogens with zero attached hydrogens (tertiary/aromatic N) is 1. The maximum absolute atomic E-state index is 13.1. The average molecular weight is 284 g/mol. The van der Waals surface area contributed by atoms with Crippen molar-refractivity contribution in [1.29, 1.82) is 0 Å². The highest BCUT2D eigenvalue weighted by Crippen LogP contribution is 2.38. The maximum atomic E-state index is 13.1. The Hall–Kier alpha value is -1.23. The number of alkyl halides is 3. The molecule has 20 heavy (non-hydrogen) atoms. The van der Waals surface area contributed by atoms with E-state index in [0.717, 1.165) is 13.0 Å². The Labute approximate surface area is 117 Å². The predicted molar refractivity (Wildman–Crippen MR) is 72.8 cm³/mol. The van der Waals surface area contributed by atoms with Crippen LogP contribution in [0.25, 0.3) is 0 Å². The van der Waals surface area contributed by atoms with Crippen LogP contribution in [-0.2, 0) is 6.18 Å². The van der Waals surface area contributed by atoms with Crippen molar-refractivity contribution in [2.75, 3.05) is 24.5 Å². The summed E-state index contributed by atoms with van der Waals surface area (Å²) in [7, 11) is 0. The molecule has 1 saturated carbocycles. The molecule has 1 aromatic carbocycles. The van der Waals surface area contributed by atoms with E-state index in [-0.39, 0.29) is 0 Å². The van der Waals surface area contributed by atoms with Gasteiger partial charge in [-0.15, -0.1) is 0 Å². The number of nitrogens with one attached hydrogen (secondary N) is 1. The minimum atomic E-state index is -4.29. The van der Waals surface area contributed by atoms with Gasteiger partial charge in [0.15, 0.2) is 0 Å². The molecule has 1 saturated heterocycles. The van der Waals surface area contributed by atoms with Crippen molar-refractivity contribution in [2.24, 2.45) is 5.92 Å². The van der Waals surface area contributed by atoms with E-state index in [9.17, 15) is 13.2 Å². The van der Waals surface area contributed by atoms with Gasteiger partial charge >= 0.3 is 6.18 Å². The fraction of sp³-hybridized carbons (Fsp3) is 0.600. The number of para-hydroxylation sites is 1. The van der Waals surface area contributed by atoms with Crippen molar-refractivity contribution >= 4 is 5.69 Å². The molecule has 1 aromatic rings. The van der Waals surface area contributed by atoms with Crippen LogP contribution in [0.2, 0.25) is 0 Å². The highest BCUT2D eigenvalue weighted by atomic mass is 19.4. The monoisotopic (exact) mass is 284 g/mol. The SMILES string of the molecule is FC(F)(F)c1ccccc1N1CCCNC(C2CC2)C1. The molecule has 1 aliphatic heterocycles. The Bertz CT molecular complexity index is 468. The van der Waals surface area contributed by atoms with Crippen molar-refractivity contribution in [3.05, 3.63) is 29.8 Å². The molecule has 5 heteroatoms. The summed E-state index contributed by atoms with van der Waals surface area (Å²) in [6.45, 7) is 2.26. The standard InChI is InChI=1S/C15H19F3N2/c16-15(17,18)12-4-1-2-5-14(12)20-9-3-8-19-13(10-20)11-6-7-11/h1-2,4-5,11,13,19H,3,6-10H2. The van der Waals surface area contributed by atoms with E-state index in [1.807, 2.05) is 4.90 Å². The number of anilines is 1. The lowest BCUT2D eigenvalue weighted by molar-refractivity contribution is -0.137. The van der Waals surface area contributed by atoms with Crippen LogP contribution in [0.3, 0.4) is 0 Å². The van der Waals surface area contributed by atoms with Gasteiger partial charge in [-0.25, -0.2) is 0 Å². The second-order valence-electron chi connectivity index (χ2n) is 5.71. The van der Waals surface area contributed by atoms with Crippen molar-refractivity contribution in [1.82, 2.24) is 5.32 Å². The highest BCUT2D eigenvalue weighted by molar-refractivity contribution is 5.55. The molecule has 0 bridgehead atoms. The van der Waals surface area contributed by atoms with E-state index in [1.54, 1.807) is 12.1 Å². The first-order chi connectivity index (χ1) is 9.55. The van der Waals surface area contributed by atoms with Gasteiger partial charge in [-0.1, -0.05) is 12.1 Å². The molecule has 1 aliphatic carbocycles. The Morgan fingerprint density at radius 3 is 2.60 bits per heavy atom. The second-order valence-corrected chi connectivity index (χ2v) is 5.71. The zero-order chi connectivity index (χ0) is 14.2. The molecule has 0 spiro atoms. The minimum absolute atomic E-state index is 0.328. The quantitative estimate of drug-likeness (QED) is 0.896. The lowest BCUT2D eigenvalue weighted by atomic mass is 10.1. The molecule has 2 aliphatic rings. The van der Waals surface area contributed by atoms with Gasteiger partial charge in [0.05, 0.1) is 5.56 Å². The second kappa shape index (κ2) is 5.28. The van der Waals surface area contributed by atoms with Crippen LogP contribution in [0.5, 0.6) is 0 Å². The molecule has 110 valence electrons. The molecule has 2 fully saturated rings. The number of rotatable bonds is 2. The van der Waals surface area contributed by atoms with Gasteiger partial charge in [-0.05, 0) is 43.9 Å². The molecular formula is C15H19F3N2. The van der Waals surface area contributed by atoms with Crippen LogP contribution in [0.4, 0.5) is 18.9 Å². The van der Waals surface area contributed by atoms with Crippen LogP contribution >= 0.6 is 0 Å². The molecule has 0 aromatic heterocycles. The molecule has 1 atom stereocenters. The van der Waals surface area contributed by atoms with Crippen LogP contribution in [-0.4, -0.2) is 25.7 Å². The van der Waals surface area contributed by atoms with Gasteiger partial charge in [-0.3, -0.25) is 0 Å². The van der Waals surface area contributed by atoms with Gasteiger partial charge in [0.1, 0.15) is 0 Å². The predicted octanol–water partition coefficient (Wildman–Crippen LogP) is 3.28. The molecule has 0 amide bonds. The largest absolute Gasteiger partial charge is 0.418 e. The van der Waals surface area contributed by atoms with Gasteiger partial charge in [0, 0.05) is 24.8 Å². The van der Waals surface area contributed by atoms with Crippen LogP contribution < -0.4 is 10.2 Å². The van der Waals surface area contributed by atoms with Crippen LogP contribution in [0, 0.1) is 5.92 Å². The number of hydrogen-bond acceptors (Lipinski definition) is 2. The third-order valence-electron chi connectivity index (χ3n) is 4.17. The molecule has 3 rings (SSSR count). The van der Waals surface area contributed by atoms with E-state index >= 15 is 0 Å². The van der Waals surface area contributed by atoms with Crippen molar-refractivity contribution < 1.29 is 13.2 Å². The smallest absolute Gasteiger partial charge is 0.369 e. The molecular weight excluding hydrogens is 265 g/mol. The number of benzene rings is 1. The Balaban J connectivity index is 1.87. The van der Waals surface area contributed by atoms with Crippen LogP contribution in [0.15, 0.2) is 24.3 Å². The van der Waals surface area contributed by atoms with E-state index in [0.29, 0.717) is 30.7 Å². The summed E-state index contributed by atoms with van der Waals surface area (Å²) >= 11 is 0. The van der Waals surface area contributed by atoms with E-state index < -0.39 is 11.7 Å². The van der Waals surface area contributed by atoms with Gasteiger partial charge in [0.2, 0.25) is 0 Å². The van der Waals surface area contributed by atoms with Crippen molar-refractivity contribution in [3.8, 4) is 0 Å². The van der Waals surface area contributed by atoms with Crippen molar-refractivity contribution in [2.45, 2.75) is 31.5 Å². The fourth-order valence-electron chi connectivity index (χ4n) is 2.97. The number of halogens is 3. The van der Waals surface area contributed by atoms with E-state index in [2.05, 4.69) is 5.32 Å². The average Bonchev–Trinajstić information content (AvgIpc) is 3.24. The Kier molecular flexibility index (Phi) is 3.63. The minimum Gasteiger partial charge on any atom is -0.369 e. The molecule has 1 heterocycles. The van der Waals surface area contributed by atoms with Gasteiger partial charge in [0.25, 0.3) is 0 Å². The normalized spacial score (nSPS) is 24.6. The van der Waals surface area contributed by atoms with E-state index in [4.69, 9.17) is 0 Å². The lowest BCUT2D eigenvalue weighted by Crippen LogP contribution is -2.39. The lowest BCUT2D eigenvalue weighted by Gasteiger charge is -2.29.